The first-order valence-corrected chi connectivity index (χ1v) is 6.82. The van der Waals surface area contributed by atoms with Crippen LogP contribution in [0.15, 0.2) is 42.5 Å². The first-order valence-electron chi connectivity index (χ1n) is 6.82. The highest BCUT2D eigenvalue weighted by Crippen LogP contribution is 2.19. The largest absolute Gasteiger partial charge is 0.366 e. The Morgan fingerprint density at radius 1 is 1.10 bits per heavy atom. The minimum atomic E-state index is -0.504. The van der Waals surface area contributed by atoms with Gasteiger partial charge in [0.25, 0.3) is 5.91 Å². The number of carbonyl (C=O) groups excluding carboxylic acids is 2. The highest BCUT2D eigenvalue weighted by Gasteiger charge is 2.11. The fourth-order valence-electron chi connectivity index (χ4n) is 2.12. The molecule has 0 aliphatic rings. The number of nitrogens with two attached hydrogens (primary N) is 1. The maximum absolute atomic E-state index is 12.2. The normalized spacial score (nSPS) is 10.2. The van der Waals surface area contributed by atoms with Crippen LogP contribution in [0.4, 0.5) is 5.69 Å². The van der Waals surface area contributed by atoms with Crippen molar-refractivity contribution in [2.24, 2.45) is 5.73 Å². The van der Waals surface area contributed by atoms with Crippen molar-refractivity contribution in [3.63, 3.8) is 0 Å². The van der Waals surface area contributed by atoms with Crippen LogP contribution < -0.4 is 11.1 Å². The van der Waals surface area contributed by atoms with Crippen LogP contribution in [-0.2, 0) is 6.42 Å². The van der Waals surface area contributed by atoms with Crippen molar-refractivity contribution < 1.29 is 9.59 Å². The SMILES string of the molecule is CCc1ccc(C(=O)Nc2cccc(C(N)=O)c2C)cc1. The van der Waals surface area contributed by atoms with E-state index < -0.39 is 5.91 Å². The van der Waals surface area contributed by atoms with Crippen LogP contribution in [-0.4, -0.2) is 11.8 Å². The van der Waals surface area contributed by atoms with E-state index in [4.69, 9.17) is 5.73 Å². The summed E-state index contributed by atoms with van der Waals surface area (Å²) in [7, 11) is 0. The van der Waals surface area contributed by atoms with E-state index in [0.717, 1.165) is 6.42 Å². The third-order valence-corrected chi connectivity index (χ3v) is 3.47. The second-order valence-electron chi connectivity index (χ2n) is 4.85. The molecule has 0 saturated heterocycles. The Labute approximate surface area is 124 Å². The van der Waals surface area contributed by atoms with Crippen molar-refractivity contribution in [3.05, 3.63) is 64.7 Å². The van der Waals surface area contributed by atoms with Crippen molar-refractivity contribution in [2.75, 3.05) is 5.32 Å². The summed E-state index contributed by atoms with van der Waals surface area (Å²) in [6, 6.07) is 12.5. The molecule has 21 heavy (non-hydrogen) atoms. The van der Waals surface area contributed by atoms with E-state index >= 15 is 0 Å². The van der Waals surface area contributed by atoms with Crippen molar-refractivity contribution >= 4 is 17.5 Å². The zero-order valence-electron chi connectivity index (χ0n) is 12.1. The number of nitrogens with one attached hydrogen (secondary N) is 1. The zero-order chi connectivity index (χ0) is 15.4. The Bertz CT molecular complexity index is 676. The molecule has 2 rings (SSSR count). The van der Waals surface area contributed by atoms with Crippen LogP contribution in [0.3, 0.4) is 0 Å². The lowest BCUT2D eigenvalue weighted by Gasteiger charge is -2.11. The van der Waals surface area contributed by atoms with Gasteiger partial charge in [0, 0.05) is 16.8 Å². The van der Waals surface area contributed by atoms with Crippen LogP contribution in [0, 0.1) is 6.92 Å². The summed E-state index contributed by atoms with van der Waals surface area (Å²) in [4.78, 5) is 23.5. The number of amides is 2. The third-order valence-electron chi connectivity index (χ3n) is 3.47. The number of carbonyl (C=O) groups is 2. The quantitative estimate of drug-likeness (QED) is 0.905. The smallest absolute Gasteiger partial charge is 0.255 e. The number of primary amides is 1. The van der Waals surface area contributed by atoms with E-state index in [1.54, 1.807) is 37.3 Å². The molecule has 0 heterocycles. The van der Waals surface area contributed by atoms with Gasteiger partial charge in [0.2, 0.25) is 5.91 Å². The van der Waals surface area contributed by atoms with Crippen LogP contribution in [0.1, 0.15) is 38.8 Å². The van der Waals surface area contributed by atoms with Gasteiger partial charge in [-0.05, 0) is 48.7 Å². The number of hydrogen-bond donors (Lipinski definition) is 2. The highest BCUT2D eigenvalue weighted by molar-refractivity contribution is 6.05. The van der Waals surface area contributed by atoms with E-state index in [9.17, 15) is 9.59 Å². The first-order chi connectivity index (χ1) is 10.0. The fraction of sp³-hybridized carbons (Fsp3) is 0.176. The van der Waals surface area contributed by atoms with Crippen molar-refractivity contribution in [3.8, 4) is 0 Å². The van der Waals surface area contributed by atoms with Crippen molar-refractivity contribution in [2.45, 2.75) is 20.3 Å². The van der Waals surface area contributed by atoms with Crippen LogP contribution in [0.25, 0.3) is 0 Å². The standard InChI is InChI=1S/C17H18N2O2/c1-3-12-7-9-13(10-8-12)17(21)19-15-6-4-5-14(11(15)2)16(18)20/h4-10H,3H2,1-2H3,(H2,18,20)(H,19,21). The predicted molar refractivity (Wildman–Crippen MR) is 83.5 cm³/mol. The lowest BCUT2D eigenvalue weighted by Crippen LogP contribution is -2.16. The van der Waals surface area contributed by atoms with Crippen LogP contribution in [0.2, 0.25) is 0 Å². The van der Waals surface area contributed by atoms with E-state index in [1.807, 2.05) is 12.1 Å². The molecule has 0 aromatic heterocycles. The van der Waals surface area contributed by atoms with E-state index in [1.165, 1.54) is 5.56 Å². The Hall–Kier alpha value is -2.62. The molecule has 0 bridgehead atoms. The molecule has 0 fully saturated rings. The lowest BCUT2D eigenvalue weighted by molar-refractivity contribution is 0.0995. The van der Waals surface area contributed by atoms with Crippen molar-refractivity contribution in [1.82, 2.24) is 0 Å². The van der Waals surface area contributed by atoms with Gasteiger partial charge in [-0.1, -0.05) is 25.1 Å². The van der Waals surface area contributed by atoms with Gasteiger partial charge in [0.1, 0.15) is 0 Å². The summed E-state index contributed by atoms with van der Waals surface area (Å²) in [6.07, 6.45) is 0.932. The van der Waals surface area contributed by atoms with E-state index in [-0.39, 0.29) is 5.91 Å². The van der Waals surface area contributed by atoms with Crippen molar-refractivity contribution in [1.29, 1.82) is 0 Å². The second kappa shape index (κ2) is 6.22. The molecule has 0 aliphatic carbocycles. The van der Waals surface area contributed by atoms with E-state index in [2.05, 4.69) is 12.2 Å². The van der Waals surface area contributed by atoms with Gasteiger partial charge in [0.05, 0.1) is 0 Å². The number of aryl methyl sites for hydroxylation is 1. The summed E-state index contributed by atoms with van der Waals surface area (Å²) < 4.78 is 0. The van der Waals surface area contributed by atoms with Gasteiger partial charge in [-0.3, -0.25) is 9.59 Å². The molecule has 0 aliphatic heterocycles. The Kier molecular flexibility index (Phi) is 4.38. The molecule has 2 aromatic rings. The number of rotatable bonds is 4. The molecule has 0 unspecified atom stereocenters. The summed E-state index contributed by atoms with van der Waals surface area (Å²) in [5, 5.41) is 2.81. The van der Waals surface area contributed by atoms with Gasteiger partial charge >= 0.3 is 0 Å². The lowest BCUT2D eigenvalue weighted by atomic mass is 10.1. The Morgan fingerprint density at radius 3 is 2.33 bits per heavy atom. The molecule has 2 aromatic carbocycles. The monoisotopic (exact) mass is 282 g/mol. The summed E-state index contributed by atoms with van der Waals surface area (Å²) in [5.41, 5.74) is 8.74. The molecule has 0 saturated carbocycles. The summed E-state index contributed by atoms with van der Waals surface area (Å²) in [6.45, 7) is 3.82. The number of benzene rings is 2. The molecule has 3 N–H and O–H groups in total. The Balaban J connectivity index is 2.23. The molecular formula is C17H18N2O2. The average molecular weight is 282 g/mol. The summed E-state index contributed by atoms with van der Waals surface area (Å²) in [5.74, 6) is -0.710. The minimum Gasteiger partial charge on any atom is -0.366 e. The predicted octanol–water partition coefficient (Wildman–Crippen LogP) is 2.91. The van der Waals surface area contributed by atoms with E-state index in [0.29, 0.717) is 22.4 Å². The third kappa shape index (κ3) is 3.28. The molecular weight excluding hydrogens is 264 g/mol. The number of anilines is 1. The van der Waals surface area contributed by atoms with Gasteiger partial charge in [-0.25, -0.2) is 0 Å². The topological polar surface area (TPSA) is 72.2 Å². The average Bonchev–Trinajstić information content (AvgIpc) is 2.49. The highest BCUT2D eigenvalue weighted by atomic mass is 16.2. The van der Waals surface area contributed by atoms with Crippen LogP contribution >= 0.6 is 0 Å². The van der Waals surface area contributed by atoms with Gasteiger partial charge < -0.3 is 11.1 Å². The van der Waals surface area contributed by atoms with Gasteiger partial charge in [-0.15, -0.1) is 0 Å². The second-order valence-corrected chi connectivity index (χ2v) is 4.85. The molecule has 0 atom stereocenters. The fourth-order valence-corrected chi connectivity index (χ4v) is 2.12. The molecule has 108 valence electrons. The molecule has 2 amide bonds. The first kappa shape index (κ1) is 14.8. The van der Waals surface area contributed by atoms with Gasteiger partial charge in [0.15, 0.2) is 0 Å². The van der Waals surface area contributed by atoms with Crippen LogP contribution in [0.5, 0.6) is 0 Å². The molecule has 0 spiro atoms. The summed E-state index contributed by atoms with van der Waals surface area (Å²) >= 11 is 0. The maximum Gasteiger partial charge on any atom is 0.255 e. The van der Waals surface area contributed by atoms with Gasteiger partial charge in [-0.2, -0.15) is 0 Å². The Morgan fingerprint density at radius 2 is 1.76 bits per heavy atom. The zero-order valence-corrected chi connectivity index (χ0v) is 12.1. The number of hydrogen-bond acceptors (Lipinski definition) is 2. The minimum absolute atomic E-state index is 0.206. The maximum atomic E-state index is 12.2. The molecule has 4 heteroatoms. The molecule has 4 nitrogen and oxygen atoms in total. The molecule has 0 radical (unpaired) electrons.